The van der Waals surface area contributed by atoms with Gasteiger partial charge in [0, 0.05) is 0 Å². The summed E-state index contributed by atoms with van der Waals surface area (Å²) in [6.07, 6.45) is 5.55. The zero-order valence-electron chi connectivity index (χ0n) is 7.84. The van der Waals surface area contributed by atoms with Crippen molar-refractivity contribution in [3.8, 4) is 0 Å². The van der Waals surface area contributed by atoms with E-state index in [0.29, 0.717) is 5.92 Å². The molecule has 0 saturated heterocycles. The fourth-order valence-electron chi connectivity index (χ4n) is 1.37. The second-order valence-electron chi connectivity index (χ2n) is 3.26. The van der Waals surface area contributed by atoms with Crippen LogP contribution in [-0.2, 0) is 0 Å². The third-order valence-corrected chi connectivity index (χ3v) is 2.28. The first-order chi connectivity index (χ1) is 5.22. The zero-order chi connectivity index (χ0) is 8.69. The molecule has 0 aliphatic rings. The highest BCUT2D eigenvalue weighted by Crippen LogP contribution is 2.16. The summed E-state index contributed by atoms with van der Waals surface area (Å²) in [6.45, 7) is 7.82. The Balaban J connectivity index is 3.36. The molecule has 67 valence electrons. The summed E-state index contributed by atoms with van der Waals surface area (Å²) in [5, 5.41) is 9.30. The number of unbranched alkanes of at least 4 members (excludes halogenated alkanes) is 2. The van der Waals surface area contributed by atoms with Crippen molar-refractivity contribution in [2.24, 2.45) is 5.92 Å². The summed E-state index contributed by atoms with van der Waals surface area (Å²) in [5.41, 5.74) is 0. The van der Waals surface area contributed by atoms with Crippen LogP contribution in [0, 0.1) is 12.8 Å². The van der Waals surface area contributed by atoms with Gasteiger partial charge in [-0.25, -0.2) is 0 Å². The van der Waals surface area contributed by atoms with Crippen LogP contribution in [0.25, 0.3) is 0 Å². The summed E-state index contributed by atoms with van der Waals surface area (Å²) >= 11 is 0. The third-order valence-electron chi connectivity index (χ3n) is 2.28. The Bertz CT molecular complexity index is 78.9. The number of hydrogen-bond donors (Lipinski definition) is 1. The number of rotatable bonds is 6. The van der Waals surface area contributed by atoms with E-state index in [2.05, 4.69) is 13.8 Å². The Labute approximate surface area is 70.8 Å². The summed E-state index contributed by atoms with van der Waals surface area (Å²) in [4.78, 5) is 0. The van der Waals surface area contributed by atoms with Gasteiger partial charge in [-0.15, -0.1) is 0 Å². The van der Waals surface area contributed by atoms with E-state index in [1.165, 1.54) is 12.8 Å². The van der Waals surface area contributed by atoms with Gasteiger partial charge >= 0.3 is 0 Å². The molecular weight excluding hydrogens is 136 g/mol. The van der Waals surface area contributed by atoms with Gasteiger partial charge in [0.15, 0.2) is 0 Å². The van der Waals surface area contributed by atoms with Crippen LogP contribution in [0.4, 0.5) is 0 Å². The molecule has 1 nitrogen and oxygen atoms in total. The van der Waals surface area contributed by atoms with Crippen LogP contribution in [-0.4, -0.2) is 11.2 Å². The summed E-state index contributed by atoms with van der Waals surface area (Å²) in [6, 6.07) is 0. The van der Waals surface area contributed by atoms with Gasteiger partial charge in [0.05, 0.1) is 6.10 Å². The van der Waals surface area contributed by atoms with E-state index in [-0.39, 0.29) is 6.10 Å². The van der Waals surface area contributed by atoms with Gasteiger partial charge in [-0.05, 0) is 19.3 Å². The maximum absolute atomic E-state index is 9.30. The van der Waals surface area contributed by atoms with E-state index in [1.807, 2.05) is 6.92 Å². The fourth-order valence-corrected chi connectivity index (χ4v) is 1.37. The minimum absolute atomic E-state index is 0.134. The standard InChI is InChI=1S/C10H21O/c1-4-6-7-8-10(5-2)9(3)11/h9-11H,1,4-8H2,2-3H3. The van der Waals surface area contributed by atoms with Crippen LogP contribution in [0.5, 0.6) is 0 Å². The third kappa shape index (κ3) is 5.25. The lowest BCUT2D eigenvalue weighted by atomic mass is 9.94. The van der Waals surface area contributed by atoms with Crippen molar-refractivity contribution in [1.82, 2.24) is 0 Å². The highest BCUT2D eigenvalue weighted by atomic mass is 16.3. The highest BCUT2D eigenvalue weighted by Gasteiger charge is 2.10. The van der Waals surface area contributed by atoms with Gasteiger partial charge in [0.1, 0.15) is 0 Å². The summed E-state index contributed by atoms with van der Waals surface area (Å²) in [5.74, 6) is 0.501. The normalized spacial score (nSPS) is 16.4. The van der Waals surface area contributed by atoms with Crippen LogP contribution < -0.4 is 0 Å². The first-order valence-corrected chi connectivity index (χ1v) is 4.69. The van der Waals surface area contributed by atoms with Crippen LogP contribution in [0.3, 0.4) is 0 Å². The molecule has 0 saturated carbocycles. The fraction of sp³-hybridized carbons (Fsp3) is 0.900. The molecular formula is C10H21O. The van der Waals surface area contributed by atoms with Crippen LogP contribution in [0.2, 0.25) is 0 Å². The molecule has 0 amide bonds. The summed E-state index contributed by atoms with van der Waals surface area (Å²) in [7, 11) is 0. The topological polar surface area (TPSA) is 20.2 Å². The monoisotopic (exact) mass is 157 g/mol. The molecule has 0 heterocycles. The Hall–Kier alpha value is -0.0400. The quantitative estimate of drug-likeness (QED) is 0.588. The minimum Gasteiger partial charge on any atom is -0.393 e. The lowest BCUT2D eigenvalue weighted by molar-refractivity contribution is 0.116. The van der Waals surface area contributed by atoms with Crippen LogP contribution >= 0.6 is 0 Å². The molecule has 2 unspecified atom stereocenters. The van der Waals surface area contributed by atoms with Crippen LogP contribution in [0.1, 0.15) is 46.0 Å². The van der Waals surface area contributed by atoms with Gasteiger partial charge in [-0.1, -0.05) is 39.5 Å². The van der Waals surface area contributed by atoms with E-state index < -0.39 is 0 Å². The van der Waals surface area contributed by atoms with Gasteiger partial charge in [0.2, 0.25) is 0 Å². The number of hydrogen-bond acceptors (Lipinski definition) is 1. The average molecular weight is 157 g/mol. The molecule has 1 heteroatoms. The van der Waals surface area contributed by atoms with Gasteiger partial charge < -0.3 is 5.11 Å². The Morgan fingerprint density at radius 2 is 2.00 bits per heavy atom. The molecule has 1 radical (unpaired) electrons. The molecule has 0 aliphatic heterocycles. The van der Waals surface area contributed by atoms with Crippen molar-refractivity contribution >= 4 is 0 Å². The first-order valence-electron chi connectivity index (χ1n) is 4.69. The predicted molar refractivity (Wildman–Crippen MR) is 49.3 cm³/mol. The smallest absolute Gasteiger partial charge is 0.0540 e. The number of aliphatic hydroxyl groups excluding tert-OH is 1. The number of aliphatic hydroxyl groups is 1. The molecule has 0 bridgehead atoms. The van der Waals surface area contributed by atoms with E-state index in [9.17, 15) is 5.11 Å². The minimum atomic E-state index is -0.134. The van der Waals surface area contributed by atoms with Crippen molar-refractivity contribution in [3.63, 3.8) is 0 Å². The molecule has 0 aromatic carbocycles. The van der Waals surface area contributed by atoms with Crippen LogP contribution in [0.15, 0.2) is 0 Å². The summed E-state index contributed by atoms with van der Waals surface area (Å²) < 4.78 is 0. The highest BCUT2D eigenvalue weighted by molar-refractivity contribution is 4.63. The lowest BCUT2D eigenvalue weighted by Crippen LogP contribution is -2.15. The lowest BCUT2D eigenvalue weighted by Gasteiger charge is -2.17. The van der Waals surface area contributed by atoms with E-state index in [1.54, 1.807) is 0 Å². The maximum atomic E-state index is 9.30. The van der Waals surface area contributed by atoms with Crippen molar-refractivity contribution in [3.05, 3.63) is 6.92 Å². The van der Waals surface area contributed by atoms with Gasteiger partial charge in [0.25, 0.3) is 0 Å². The Morgan fingerprint density at radius 3 is 2.36 bits per heavy atom. The molecule has 2 atom stereocenters. The molecule has 0 aromatic rings. The molecule has 1 N–H and O–H groups in total. The average Bonchev–Trinajstić information content (AvgIpc) is 1.97. The zero-order valence-corrected chi connectivity index (χ0v) is 7.84. The molecule has 0 aromatic heterocycles. The van der Waals surface area contributed by atoms with Crippen molar-refractivity contribution < 1.29 is 5.11 Å². The van der Waals surface area contributed by atoms with Crippen molar-refractivity contribution in [1.29, 1.82) is 0 Å². The van der Waals surface area contributed by atoms with Gasteiger partial charge in [-0.2, -0.15) is 0 Å². The maximum Gasteiger partial charge on any atom is 0.0540 e. The van der Waals surface area contributed by atoms with Crippen molar-refractivity contribution in [2.45, 2.75) is 52.1 Å². The molecule has 0 spiro atoms. The second kappa shape index (κ2) is 6.66. The van der Waals surface area contributed by atoms with E-state index in [4.69, 9.17) is 0 Å². The van der Waals surface area contributed by atoms with E-state index in [0.717, 1.165) is 19.3 Å². The Morgan fingerprint density at radius 1 is 1.36 bits per heavy atom. The SMILES string of the molecule is [CH2]CCCCC(CC)C(C)O. The van der Waals surface area contributed by atoms with E-state index >= 15 is 0 Å². The molecule has 0 rings (SSSR count). The molecule has 11 heavy (non-hydrogen) atoms. The largest absolute Gasteiger partial charge is 0.393 e. The first kappa shape index (κ1) is 11.0. The molecule has 0 aliphatic carbocycles. The second-order valence-corrected chi connectivity index (χ2v) is 3.26. The van der Waals surface area contributed by atoms with Gasteiger partial charge in [-0.3, -0.25) is 0 Å². The predicted octanol–water partition coefficient (Wildman–Crippen LogP) is 2.79. The van der Waals surface area contributed by atoms with Crippen molar-refractivity contribution in [2.75, 3.05) is 0 Å². The Kier molecular flexibility index (Phi) is 6.63. The molecule has 0 fully saturated rings.